The van der Waals surface area contributed by atoms with Crippen LogP contribution in [0.3, 0.4) is 0 Å². The molecule has 1 N–H and O–H groups in total. The highest BCUT2D eigenvalue weighted by atomic mass is 35.5. The molecule has 3 rings (SSSR count). The lowest BCUT2D eigenvalue weighted by Crippen LogP contribution is -2.15. The maximum atomic E-state index is 13.8. The van der Waals surface area contributed by atoms with Crippen LogP contribution in [0.5, 0.6) is 0 Å². The molecule has 2 aromatic rings. The zero-order valence-electron chi connectivity index (χ0n) is 10.8. The van der Waals surface area contributed by atoms with Crippen molar-refractivity contribution in [1.29, 1.82) is 0 Å². The van der Waals surface area contributed by atoms with Crippen molar-refractivity contribution in [2.24, 2.45) is 0 Å². The van der Waals surface area contributed by atoms with Gasteiger partial charge in [0.05, 0.1) is 0 Å². The molecule has 0 aromatic heterocycles. The van der Waals surface area contributed by atoms with Crippen LogP contribution in [0.1, 0.15) is 18.4 Å². The first-order valence-electron chi connectivity index (χ1n) is 6.61. The first-order chi connectivity index (χ1) is 9.65. The Kier molecular flexibility index (Phi) is 3.72. The molecule has 0 spiro atoms. The van der Waals surface area contributed by atoms with Crippen molar-refractivity contribution in [2.75, 3.05) is 0 Å². The average molecular weight is 294 g/mol. The number of nitrogens with one attached hydrogen (secondary N) is 1. The Hall–Kier alpha value is -1.45. The van der Waals surface area contributed by atoms with E-state index in [0.717, 1.165) is 11.6 Å². The fraction of sp³-hybridized carbons (Fsp3) is 0.250. The molecule has 2 aromatic carbocycles. The molecule has 0 heterocycles. The highest BCUT2D eigenvalue weighted by Gasteiger charge is 2.20. The standard InChI is InChI=1S/C16H14ClF2N/c17-14-7-4-10(8-11(14)9-20-12-5-6-12)13-2-1-3-15(18)16(13)19/h1-4,7-8,12,20H,5-6,9H2. The lowest BCUT2D eigenvalue weighted by Gasteiger charge is -2.10. The largest absolute Gasteiger partial charge is 0.310 e. The van der Waals surface area contributed by atoms with Gasteiger partial charge in [0.1, 0.15) is 0 Å². The summed E-state index contributed by atoms with van der Waals surface area (Å²) in [6.07, 6.45) is 2.38. The van der Waals surface area contributed by atoms with Gasteiger partial charge >= 0.3 is 0 Å². The third-order valence-electron chi connectivity index (χ3n) is 3.47. The van der Waals surface area contributed by atoms with Crippen LogP contribution in [0.25, 0.3) is 11.1 Å². The second-order valence-corrected chi connectivity index (χ2v) is 5.47. The molecular weight excluding hydrogens is 280 g/mol. The monoisotopic (exact) mass is 293 g/mol. The van der Waals surface area contributed by atoms with E-state index in [9.17, 15) is 8.78 Å². The number of hydrogen-bond acceptors (Lipinski definition) is 1. The van der Waals surface area contributed by atoms with Gasteiger partial charge in [-0.05, 0) is 42.2 Å². The highest BCUT2D eigenvalue weighted by molar-refractivity contribution is 6.31. The summed E-state index contributed by atoms with van der Waals surface area (Å²) in [5.74, 6) is -1.66. The van der Waals surface area contributed by atoms with E-state index in [0.29, 0.717) is 23.2 Å². The van der Waals surface area contributed by atoms with E-state index >= 15 is 0 Å². The molecule has 4 heteroatoms. The summed E-state index contributed by atoms with van der Waals surface area (Å²) < 4.78 is 27.1. The molecule has 0 unspecified atom stereocenters. The predicted octanol–water partition coefficient (Wildman–Crippen LogP) is 4.54. The van der Waals surface area contributed by atoms with Gasteiger partial charge in [0.2, 0.25) is 0 Å². The first kappa shape index (κ1) is 13.5. The normalized spacial score (nSPS) is 14.6. The summed E-state index contributed by atoms with van der Waals surface area (Å²) in [5, 5.41) is 4.00. The van der Waals surface area contributed by atoms with Gasteiger partial charge in [0.15, 0.2) is 11.6 Å². The van der Waals surface area contributed by atoms with Gasteiger partial charge in [-0.3, -0.25) is 0 Å². The van der Waals surface area contributed by atoms with E-state index in [1.54, 1.807) is 18.2 Å². The third kappa shape index (κ3) is 2.84. The maximum Gasteiger partial charge on any atom is 0.166 e. The molecule has 0 amide bonds. The van der Waals surface area contributed by atoms with Crippen molar-refractivity contribution in [3.63, 3.8) is 0 Å². The highest BCUT2D eigenvalue weighted by Crippen LogP contribution is 2.29. The minimum absolute atomic E-state index is 0.259. The summed E-state index contributed by atoms with van der Waals surface area (Å²) in [4.78, 5) is 0. The molecule has 0 saturated heterocycles. The molecule has 1 nitrogen and oxygen atoms in total. The lowest BCUT2D eigenvalue weighted by atomic mass is 10.0. The van der Waals surface area contributed by atoms with Gasteiger partial charge < -0.3 is 5.32 Å². The Morgan fingerprint density at radius 2 is 1.95 bits per heavy atom. The fourth-order valence-corrected chi connectivity index (χ4v) is 2.33. The van der Waals surface area contributed by atoms with Crippen molar-refractivity contribution in [1.82, 2.24) is 5.32 Å². The molecule has 1 aliphatic rings. The quantitative estimate of drug-likeness (QED) is 0.873. The molecule has 1 fully saturated rings. The Morgan fingerprint density at radius 3 is 2.70 bits per heavy atom. The van der Waals surface area contributed by atoms with Crippen LogP contribution in [0.2, 0.25) is 5.02 Å². The lowest BCUT2D eigenvalue weighted by molar-refractivity contribution is 0.511. The molecule has 0 aliphatic heterocycles. The third-order valence-corrected chi connectivity index (χ3v) is 3.84. The Bertz CT molecular complexity index is 638. The Morgan fingerprint density at radius 1 is 1.15 bits per heavy atom. The van der Waals surface area contributed by atoms with E-state index < -0.39 is 11.6 Å². The van der Waals surface area contributed by atoms with Crippen molar-refractivity contribution in [3.8, 4) is 11.1 Å². The molecule has 0 bridgehead atoms. The minimum atomic E-state index is -0.838. The summed E-state index contributed by atoms with van der Waals surface area (Å²) in [7, 11) is 0. The van der Waals surface area contributed by atoms with Crippen molar-refractivity contribution in [2.45, 2.75) is 25.4 Å². The summed E-state index contributed by atoms with van der Waals surface area (Å²) in [6, 6.07) is 10.0. The van der Waals surface area contributed by atoms with Gasteiger partial charge in [0, 0.05) is 23.2 Å². The fourth-order valence-electron chi connectivity index (χ4n) is 2.15. The zero-order valence-corrected chi connectivity index (χ0v) is 11.6. The van der Waals surface area contributed by atoms with Crippen LogP contribution in [0.15, 0.2) is 36.4 Å². The van der Waals surface area contributed by atoms with Gasteiger partial charge in [-0.15, -0.1) is 0 Å². The van der Waals surface area contributed by atoms with E-state index in [1.807, 2.05) is 6.07 Å². The van der Waals surface area contributed by atoms with Crippen LogP contribution in [-0.2, 0) is 6.54 Å². The SMILES string of the molecule is Fc1cccc(-c2ccc(Cl)c(CNC3CC3)c2)c1F. The number of rotatable bonds is 4. The summed E-state index contributed by atoms with van der Waals surface area (Å²) in [5.41, 5.74) is 1.80. The molecule has 0 radical (unpaired) electrons. The van der Waals surface area contributed by atoms with E-state index in [2.05, 4.69) is 5.32 Å². The van der Waals surface area contributed by atoms with Gasteiger partial charge in [-0.2, -0.15) is 0 Å². The number of benzene rings is 2. The van der Waals surface area contributed by atoms with Gasteiger partial charge in [-0.25, -0.2) is 8.78 Å². The van der Waals surface area contributed by atoms with Crippen LogP contribution >= 0.6 is 11.6 Å². The van der Waals surface area contributed by atoms with Crippen molar-refractivity contribution >= 4 is 11.6 Å². The Labute approximate surface area is 121 Å². The van der Waals surface area contributed by atoms with Crippen LogP contribution in [0, 0.1) is 11.6 Å². The zero-order chi connectivity index (χ0) is 14.1. The number of hydrogen-bond donors (Lipinski definition) is 1. The topological polar surface area (TPSA) is 12.0 Å². The van der Waals surface area contributed by atoms with E-state index in [1.165, 1.54) is 18.9 Å². The molecule has 104 valence electrons. The van der Waals surface area contributed by atoms with Crippen LogP contribution in [-0.4, -0.2) is 6.04 Å². The van der Waals surface area contributed by atoms with Crippen molar-refractivity contribution < 1.29 is 8.78 Å². The molecule has 20 heavy (non-hydrogen) atoms. The van der Waals surface area contributed by atoms with Crippen molar-refractivity contribution in [3.05, 3.63) is 58.6 Å². The first-order valence-corrected chi connectivity index (χ1v) is 6.99. The van der Waals surface area contributed by atoms with Crippen LogP contribution < -0.4 is 5.32 Å². The minimum Gasteiger partial charge on any atom is -0.310 e. The van der Waals surface area contributed by atoms with E-state index in [-0.39, 0.29) is 5.56 Å². The average Bonchev–Trinajstić information content (AvgIpc) is 3.25. The van der Waals surface area contributed by atoms with Crippen LogP contribution in [0.4, 0.5) is 8.78 Å². The summed E-state index contributed by atoms with van der Waals surface area (Å²) >= 11 is 6.15. The Balaban J connectivity index is 1.92. The molecule has 1 aliphatic carbocycles. The van der Waals surface area contributed by atoms with Gasteiger partial charge in [-0.1, -0.05) is 29.8 Å². The molecule has 0 atom stereocenters. The summed E-state index contributed by atoms with van der Waals surface area (Å²) in [6.45, 7) is 0.647. The van der Waals surface area contributed by atoms with E-state index in [4.69, 9.17) is 11.6 Å². The van der Waals surface area contributed by atoms with Gasteiger partial charge in [0.25, 0.3) is 0 Å². The smallest absolute Gasteiger partial charge is 0.166 e. The maximum absolute atomic E-state index is 13.8. The predicted molar refractivity (Wildman–Crippen MR) is 76.7 cm³/mol. The number of halogens is 3. The second kappa shape index (κ2) is 5.51. The molecular formula is C16H14ClF2N. The second-order valence-electron chi connectivity index (χ2n) is 5.06. The molecule has 1 saturated carbocycles.